The molecule has 0 aromatic carbocycles. The second-order valence-electron chi connectivity index (χ2n) is 4.09. The topological polar surface area (TPSA) is 110 Å². The van der Waals surface area contributed by atoms with Crippen molar-refractivity contribution in [2.24, 2.45) is 0 Å². The van der Waals surface area contributed by atoms with Gasteiger partial charge in [0.2, 0.25) is 10.0 Å². The van der Waals surface area contributed by atoms with Crippen molar-refractivity contribution in [3.8, 4) is 0 Å². The molecule has 104 valence electrons. The van der Waals surface area contributed by atoms with Crippen molar-refractivity contribution in [1.29, 1.82) is 0 Å². The summed E-state index contributed by atoms with van der Waals surface area (Å²) < 4.78 is 40.5. The Morgan fingerprint density at radius 2 is 2.16 bits per heavy atom. The van der Waals surface area contributed by atoms with Crippen LogP contribution in [0.2, 0.25) is 0 Å². The van der Waals surface area contributed by atoms with Crippen LogP contribution in [0, 0.1) is 0 Å². The Balaban J connectivity index is 2.24. The standard InChI is InChI=1S/C9H12N4O4S2/c1-6(2)19(16,17)12-7-4-10-13(5-7)9-3-8(14)11-18(9)15/h3-6,12H,1-2H3,(H,11,14). The number of carbonyl (C=O) groups is 1. The maximum Gasteiger partial charge on any atom is 0.258 e. The average Bonchev–Trinajstić information content (AvgIpc) is 2.84. The van der Waals surface area contributed by atoms with E-state index in [0.29, 0.717) is 0 Å². The highest BCUT2D eigenvalue weighted by Crippen LogP contribution is 2.17. The number of hydrogen-bond acceptors (Lipinski definition) is 5. The molecule has 10 heteroatoms. The Morgan fingerprint density at radius 3 is 2.68 bits per heavy atom. The maximum atomic E-state index is 11.7. The van der Waals surface area contributed by atoms with E-state index in [2.05, 4.69) is 14.5 Å². The Hall–Kier alpha value is -1.68. The summed E-state index contributed by atoms with van der Waals surface area (Å²) in [4.78, 5) is 11.0. The molecule has 1 amide bonds. The van der Waals surface area contributed by atoms with Crippen LogP contribution in [0.25, 0.3) is 5.03 Å². The smallest absolute Gasteiger partial charge is 0.258 e. The summed E-state index contributed by atoms with van der Waals surface area (Å²) in [5, 5.41) is 3.43. The number of nitrogens with zero attached hydrogens (tertiary/aromatic N) is 2. The number of sulfonamides is 1. The number of rotatable bonds is 4. The monoisotopic (exact) mass is 304 g/mol. The van der Waals surface area contributed by atoms with Crippen molar-refractivity contribution in [2.75, 3.05) is 4.72 Å². The molecule has 1 aliphatic rings. The van der Waals surface area contributed by atoms with Crippen LogP contribution in [0.15, 0.2) is 18.5 Å². The van der Waals surface area contributed by atoms with Crippen LogP contribution in [0.4, 0.5) is 5.69 Å². The van der Waals surface area contributed by atoms with Crippen LogP contribution in [0.5, 0.6) is 0 Å². The molecule has 0 spiro atoms. The lowest BCUT2D eigenvalue weighted by atomic mass is 10.6. The van der Waals surface area contributed by atoms with Crippen LogP contribution in [-0.4, -0.2) is 33.6 Å². The van der Waals surface area contributed by atoms with E-state index >= 15 is 0 Å². The number of anilines is 1. The highest BCUT2D eigenvalue weighted by Gasteiger charge is 2.23. The third-order valence-electron chi connectivity index (χ3n) is 2.33. The van der Waals surface area contributed by atoms with E-state index in [1.54, 1.807) is 13.8 Å². The molecule has 0 fully saturated rings. The minimum Gasteiger partial charge on any atom is -0.280 e. The molecular formula is C9H12N4O4S2. The van der Waals surface area contributed by atoms with Gasteiger partial charge in [0.1, 0.15) is 0 Å². The van der Waals surface area contributed by atoms with E-state index in [1.807, 2.05) is 0 Å². The summed E-state index contributed by atoms with van der Waals surface area (Å²) in [5.41, 5.74) is 0.242. The van der Waals surface area contributed by atoms with Crippen LogP contribution < -0.4 is 9.44 Å². The summed E-state index contributed by atoms with van der Waals surface area (Å²) in [5.74, 6) is -0.479. The molecule has 1 atom stereocenters. The van der Waals surface area contributed by atoms with Gasteiger partial charge in [-0.05, 0) is 13.8 Å². The predicted molar refractivity (Wildman–Crippen MR) is 70.5 cm³/mol. The number of carbonyl (C=O) groups excluding carboxylic acids is 1. The van der Waals surface area contributed by atoms with E-state index < -0.39 is 32.2 Å². The molecule has 19 heavy (non-hydrogen) atoms. The largest absolute Gasteiger partial charge is 0.280 e. The zero-order valence-electron chi connectivity index (χ0n) is 10.2. The van der Waals surface area contributed by atoms with Gasteiger partial charge in [0, 0.05) is 6.08 Å². The highest BCUT2D eigenvalue weighted by molar-refractivity contribution is 7.93. The molecule has 2 heterocycles. The summed E-state index contributed by atoms with van der Waals surface area (Å²) >= 11 is 0. The van der Waals surface area contributed by atoms with Gasteiger partial charge in [0.05, 0.1) is 23.3 Å². The van der Waals surface area contributed by atoms with Crippen LogP contribution in [0.3, 0.4) is 0 Å². The quantitative estimate of drug-likeness (QED) is 0.788. The molecule has 0 radical (unpaired) electrons. The second kappa shape index (κ2) is 4.78. The maximum absolute atomic E-state index is 11.7. The Labute approximate surface area is 112 Å². The fraction of sp³-hybridized carbons (Fsp3) is 0.333. The lowest BCUT2D eigenvalue weighted by Gasteiger charge is -2.08. The Morgan fingerprint density at radius 1 is 1.47 bits per heavy atom. The third-order valence-corrected chi connectivity index (χ3v) is 5.16. The van der Waals surface area contributed by atoms with Gasteiger partial charge in [0.25, 0.3) is 5.91 Å². The zero-order valence-corrected chi connectivity index (χ0v) is 11.8. The fourth-order valence-corrected chi connectivity index (χ4v) is 2.77. The minimum atomic E-state index is -3.47. The van der Waals surface area contributed by atoms with Gasteiger partial charge in [-0.25, -0.2) is 17.3 Å². The van der Waals surface area contributed by atoms with E-state index in [4.69, 9.17) is 0 Å². The molecule has 0 bridgehead atoms. The van der Waals surface area contributed by atoms with Gasteiger partial charge in [-0.15, -0.1) is 0 Å². The van der Waals surface area contributed by atoms with Crippen molar-refractivity contribution in [1.82, 2.24) is 14.5 Å². The second-order valence-corrected chi connectivity index (χ2v) is 7.48. The summed E-state index contributed by atoms with van der Waals surface area (Å²) in [6, 6.07) is 0. The van der Waals surface area contributed by atoms with Gasteiger partial charge >= 0.3 is 0 Å². The molecule has 0 aliphatic carbocycles. The average molecular weight is 304 g/mol. The van der Waals surface area contributed by atoms with E-state index in [0.717, 1.165) is 6.08 Å². The first-order chi connectivity index (χ1) is 8.79. The third kappa shape index (κ3) is 2.84. The van der Waals surface area contributed by atoms with Gasteiger partial charge in [0.15, 0.2) is 16.0 Å². The SMILES string of the molecule is CC(C)S(=O)(=O)Nc1cnn(C2=CC(=O)NS2=O)c1. The van der Waals surface area contributed by atoms with Crippen LogP contribution in [-0.2, 0) is 25.8 Å². The Kier molecular flexibility index (Phi) is 3.45. The van der Waals surface area contributed by atoms with Gasteiger partial charge in [-0.2, -0.15) is 5.10 Å². The number of amides is 1. The molecule has 1 aromatic rings. The highest BCUT2D eigenvalue weighted by atomic mass is 32.2. The van der Waals surface area contributed by atoms with Gasteiger partial charge < -0.3 is 0 Å². The Bertz CT molecular complexity index is 674. The first-order valence-corrected chi connectivity index (χ1v) is 8.00. The van der Waals surface area contributed by atoms with Crippen molar-refractivity contribution in [2.45, 2.75) is 19.1 Å². The molecule has 0 saturated heterocycles. The normalized spacial score (nSPS) is 19.4. The summed E-state index contributed by atoms with van der Waals surface area (Å²) in [7, 11) is -5.14. The number of nitrogens with one attached hydrogen (secondary N) is 2. The zero-order chi connectivity index (χ0) is 14.2. The molecule has 1 aromatic heterocycles. The first-order valence-electron chi connectivity index (χ1n) is 5.30. The van der Waals surface area contributed by atoms with Gasteiger partial charge in [-0.1, -0.05) is 0 Å². The lowest BCUT2D eigenvalue weighted by molar-refractivity contribution is -0.114. The fourth-order valence-electron chi connectivity index (χ4n) is 1.27. The lowest BCUT2D eigenvalue weighted by Crippen LogP contribution is -2.22. The van der Waals surface area contributed by atoms with Crippen molar-refractivity contribution < 1.29 is 17.4 Å². The van der Waals surface area contributed by atoms with E-state index in [9.17, 15) is 17.4 Å². The van der Waals surface area contributed by atoms with Crippen molar-refractivity contribution in [3.05, 3.63) is 18.5 Å². The van der Waals surface area contributed by atoms with Crippen LogP contribution in [0.1, 0.15) is 13.8 Å². The summed E-state index contributed by atoms with van der Waals surface area (Å²) in [6.45, 7) is 3.09. The molecular weight excluding hydrogens is 292 g/mol. The summed E-state index contributed by atoms with van der Waals surface area (Å²) in [6.07, 6.45) is 3.77. The molecule has 1 unspecified atom stereocenters. The van der Waals surface area contributed by atoms with E-state index in [1.165, 1.54) is 17.1 Å². The molecule has 8 nitrogen and oxygen atoms in total. The predicted octanol–water partition coefficient (Wildman–Crippen LogP) is -0.375. The number of hydrogen-bond donors (Lipinski definition) is 2. The molecule has 0 saturated carbocycles. The van der Waals surface area contributed by atoms with Crippen molar-refractivity contribution in [3.63, 3.8) is 0 Å². The van der Waals surface area contributed by atoms with Crippen molar-refractivity contribution >= 4 is 37.6 Å². The van der Waals surface area contributed by atoms with Crippen LogP contribution >= 0.6 is 0 Å². The minimum absolute atomic E-state index is 0.153. The first kappa shape index (κ1) is 13.7. The van der Waals surface area contributed by atoms with Gasteiger partial charge in [-0.3, -0.25) is 14.2 Å². The molecule has 2 rings (SSSR count). The molecule has 2 N–H and O–H groups in total. The molecule has 1 aliphatic heterocycles. The van der Waals surface area contributed by atoms with E-state index in [-0.39, 0.29) is 10.7 Å². The number of aromatic nitrogens is 2.